The number of piperazine rings is 1. The number of β-amino-alcohol motifs (C(OH)–C–C–N with tert-alkyl or cyclic N) is 2. The topological polar surface area (TPSA) is 103 Å². The first kappa shape index (κ1) is 24.0. The first-order valence-electron chi connectivity index (χ1n) is 11.2. The standard InChI is InChI=1S/C24H26Cl2N2O6/c25-21-15(3-1-13-17(21)11-33-23(13)31)19(29)9-27-5-7-28(8-6-27)10-20(30)16-4-2-14-18(22(16)26)12-34-24(14)32/h1-4,19-20,23,29-31H,5-12H2. The Kier molecular flexibility index (Phi) is 6.85. The zero-order valence-corrected chi connectivity index (χ0v) is 19.9. The van der Waals surface area contributed by atoms with Gasteiger partial charge in [-0.05, 0) is 6.07 Å². The minimum atomic E-state index is -0.968. The molecule has 3 unspecified atom stereocenters. The molecular formula is C24H26Cl2N2O6. The van der Waals surface area contributed by atoms with Gasteiger partial charge in [-0.2, -0.15) is 0 Å². The number of hydrogen-bond acceptors (Lipinski definition) is 8. The first-order chi connectivity index (χ1) is 16.3. The van der Waals surface area contributed by atoms with Crippen LogP contribution in [0.3, 0.4) is 0 Å². The summed E-state index contributed by atoms with van der Waals surface area (Å²) in [5.41, 5.74) is 3.69. The van der Waals surface area contributed by atoms with E-state index >= 15 is 0 Å². The van der Waals surface area contributed by atoms with E-state index in [1.807, 2.05) is 0 Å². The molecule has 3 heterocycles. The van der Waals surface area contributed by atoms with Crippen molar-refractivity contribution in [3.8, 4) is 0 Å². The number of esters is 1. The van der Waals surface area contributed by atoms with Gasteiger partial charge in [0.15, 0.2) is 6.29 Å². The van der Waals surface area contributed by atoms with Gasteiger partial charge in [0.05, 0.1) is 34.4 Å². The summed E-state index contributed by atoms with van der Waals surface area (Å²) < 4.78 is 10.3. The molecule has 3 aliphatic rings. The third kappa shape index (κ3) is 4.45. The molecule has 182 valence electrons. The Morgan fingerprint density at radius 1 is 0.882 bits per heavy atom. The Labute approximate surface area is 207 Å². The van der Waals surface area contributed by atoms with Crippen molar-refractivity contribution in [2.24, 2.45) is 0 Å². The van der Waals surface area contributed by atoms with Crippen LogP contribution in [-0.4, -0.2) is 70.4 Å². The lowest BCUT2D eigenvalue weighted by molar-refractivity contribution is -0.0918. The second-order valence-corrected chi connectivity index (χ2v) is 9.66. The average Bonchev–Trinajstić information content (AvgIpc) is 3.39. The number of hydrogen-bond donors (Lipinski definition) is 3. The molecule has 0 bridgehead atoms. The van der Waals surface area contributed by atoms with E-state index in [0.29, 0.717) is 51.0 Å². The molecule has 3 N–H and O–H groups in total. The molecule has 2 aromatic carbocycles. The molecule has 0 aliphatic carbocycles. The Hall–Kier alpha value is -1.75. The van der Waals surface area contributed by atoms with Gasteiger partial charge in [-0.3, -0.25) is 9.80 Å². The molecule has 0 saturated carbocycles. The van der Waals surface area contributed by atoms with Crippen molar-refractivity contribution in [2.45, 2.75) is 31.7 Å². The molecule has 1 fully saturated rings. The van der Waals surface area contributed by atoms with Crippen LogP contribution in [0.2, 0.25) is 10.0 Å². The van der Waals surface area contributed by atoms with Crippen LogP contribution in [0.15, 0.2) is 24.3 Å². The number of rotatable bonds is 6. The van der Waals surface area contributed by atoms with Crippen molar-refractivity contribution in [3.05, 3.63) is 67.7 Å². The van der Waals surface area contributed by atoms with E-state index < -0.39 is 18.5 Å². The number of aliphatic hydroxyl groups is 3. The number of benzene rings is 2. The molecule has 0 amide bonds. The highest BCUT2D eigenvalue weighted by Gasteiger charge is 2.30. The molecule has 1 saturated heterocycles. The molecule has 0 aromatic heterocycles. The summed E-state index contributed by atoms with van der Waals surface area (Å²) in [5, 5.41) is 32.3. The third-order valence-electron chi connectivity index (χ3n) is 6.85. The minimum absolute atomic E-state index is 0.135. The van der Waals surface area contributed by atoms with Crippen LogP contribution in [0.25, 0.3) is 0 Å². The zero-order valence-electron chi connectivity index (χ0n) is 18.4. The van der Waals surface area contributed by atoms with Gasteiger partial charge in [0.25, 0.3) is 0 Å². The fourth-order valence-corrected chi connectivity index (χ4v) is 5.52. The number of cyclic esters (lactones) is 1. The van der Waals surface area contributed by atoms with Gasteiger partial charge in [-0.15, -0.1) is 0 Å². The second-order valence-electron chi connectivity index (χ2n) is 8.90. The Morgan fingerprint density at radius 3 is 2.06 bits per heavy atom. The van der Waals surface area contributed by atoms with Crippen LogP contribution in [0.4, 0.5) is 0 Å². The largest absolute Gasteiger partial charge is 0.457 e. The number of ether oxygens (including phenoxy) is 2. The summed E-state index contributed by atoms with van der Waals surface area (Å²) in [5.74, 6) is -0.386. The predicted octanol–water partition coefficient (Wildman–Crippen LogP) is 2.57. The number of aliphatic hydroxyl groups excluding tert-OH is 3. The van der Waals surface area contributed by atoms with E-state index in [9.17, 15) is 20.1 Å². The van der Waals surface area contributed by atoms with Crippen molar-refractivity contribution < 1.29 is 29.6 Å². The fourth-order valence-electron chi connectivity index (χ4n) is 4.83. The predicted molar refractivity (Wildman–Crippen MR) is 125 cm³/mol. The lowest BCUT2D eigenvalue weighted by atomic mass is 10.0. The van der Waals surface area contributed by atoms with Gasteiger partial charge in [0.2, 0.25) is 0 Å². The van der Waals surface area contributed by atoms with Gasteiger partial charge < -0.3 is 24.8 Å². The van der Waals surface area contributed by atoms with Crippen molar-refractivity contribution in [1.82, 2.24) is 9.80 Å². The van der Waals surface area contributed by atoms with Crippen LogP contribution in [0, 0.1) is 0 Å². The molecule has 8 nitrogen and oxygen atoms in total. The molecule has 5 rings (SSSR count). The average molecular weight is 509 g/mol. The summed E-state index contributed by atoms with van der Waals surface area (Å²) in [6.07, 6.45) is -2.51. The van der Waals surface area contributed by atoms with Crippen LogP contribution in [-0.2, 0) is 22.7 Å². The van der Waals surface area contributed by atoms with E-state index in [4.69, 9.17) is 32.7 Å². The molecule has 10 heteroatoms. The lowest BCUT2D eigenvalue weighted by Crippen LogP contribution is -2.48. The van der Waals surface area contributed by atoms with Crippen molar-refractivity contribution in [3.63, 3.8) is 0 Å². The van der Waals surface area contributed by atoms with Crippen molar-refractivity contribution >= 4 is 29.2 Å². The normalized spacial score (nSPS) is 22.4. The monoisotopic (exact) mass is 508 g/mol. The number of carbonyl (C=O) groups excluding carboxylic acids is 1. The smallest absolute Gasteiger partial charge is 0.338 e. The quantitative estimate of drug-likeness (QED) is 0.511. The summed E-state index contributed by atoms with van der Waals surface area (Å²) in [6, 6.07) is 6.85. The number of nitrogens with zero attached hydrogens (tertiary/aromatic N) is 2. The molecule has 3 atom stereocenters. The van der Waals surface area contributed by atoms with Gasteiger partial charge in [-0.1, -0.05) is 41.4 Å². The molecular weight excluding hydrogens is 483 g/mol. The Bertz CT molecular complexity index is 1110. The molecule has 0 radical (unpaired) electrons. The third-order valence-corrected chi connectivity index (χ3v) is 7.74. The van der Waals surface area contributed by atoms with Crippen LogP contribution < -0.4 is 0 Å². The van der Waals surface area contributed by atoms with Gasteiger partial charge in [0.1, 0.15) is 6.61 Å². The van der Waals surface area contributed by atoms with Crippen LogP contribution in [0.5, 0.6) is 0 Å². The van der Waals surface area contributed by atoms with E-state index in [1.165, 1.54) is 0 Å². The van der Waals surface area contributed by atoms with E-state index in [-0.39, 0.29) is 19.2 Å². The minimum Gasteiger partial charge on any atom is -0.457 e. The summed E-state index contributed by atoms with van der Waals surface area (Å²) >= 11 is 12.9. The zero-order chi connectivity index (χ0) is 24.0. The van der Waals surface area contributed by atoms with Crippen molar-refractivity contribution in [1.29, 1.82) is 0 Å². The SMILES string of the molecule is O=C1OCc2c1ccc(C(O)CN1CCN(CC(O)c3ccc4c(c3Cl)COC4O)CC1)c2Cl. The van der Waals surface area contributed by atoms with E-state index in [0.717, 1.165) is 31.7 Å². The maximum atomic E-state index is 11.7. The maximum absolute atomic E-state index is 11.7. The second kappa shape index (κ2) is 9.72. The highest BCUT2D eigenvalue weighted by Crippen LogP contribution is 2.38. The van der Waals surface area contributed by atoms with Crippen LogP contribution in [0.1, 0.15) is 56.7 Å². The summed E-state index contributed by atoms with van der Waals surface area (Å²) in [7, 11) is 0. The molecule has 0 spiro atoms. The first-order valence-corrected chi connectivity index (χ1v) is 12.0. The highest BCUT2D eigenvalue weighted by molar-refractivity contribution is 6.33. The Morgan fingerprint density at radius 2 is 1.44 bits per heavy atom. The molecule has 2 aromatic rings. The molecule has 34 heavy (non-hydrogen) atoms. The summed E-state index contributed by atoms with van der Waals surface area (Å²) in [6.45, 7) is 4.14. The number of carbonyl (C=O) groups is 1. The van der Waals surface area contributed by atoms with Gasteiger partial charge in [0, 0.05) is 67.1 Å². The van der Waals surface area contributed by atoms with Gasteiger partial charge >= 0.3 is 5.97 Å². The highest BCUT2D eigenvalue weighted by atomic mass is 35.5. The number of halogens is 2. The van der Waals surface area contributed by atoms with Crippen molar-refractivity contribution in [2.75, 3.05) is 39.3 Å². The maximum Gasteiger partial charge on any atom is 0.338 e. The Balaban J connectivity index is 1.16. The lowest BCUT2D eigenvalue weighted by Gasteiger charge is -2.36. The summed E-state index contributed by atoms with van der Waals surface area (Å²) in [4.78, 5) is 16.0. The van der Waals surface area contributed by atoms with E-state index in [1.54, 1.807) is 24.3 Å². The number of fused-ring (bicyclic) bond motifs is 2. The van der Waals surface area contributed by atoms with E-state index in [2.05, 4.69) is 9.80 Å². The fraction of sp³-hybridized carbons (Fsp3) is 0.458. The van der Waals surface area contributed by atoms with Gasteiger partial charge in [-0.25, -0.2) is 4.79 Å². The molecule has 3 aliphatic heterocycles. The van der Waals surface area contributed by atoms with Crippen LogP contribution >= 0.6 is 23.2 Å².